The van der Waals surface area contributed by atoms with Gasteiger partial charge in [-0.05, 0) is 18.2 Å². The molecule has 1 N–H and O–H groups in total. The van der Waals surface area contributed by atoms with Crippen LogP contribution in [0.25, 0.3) is 0 Å². The average molecular weight is 325 g/mol. The van der Waals surface area contributed by atoms with Gasteiger partial charge in [0.15, 0.2) is 6.61 Å². The molecule has 1 amide bonds. The van der Waals surface area contributed by atoms with Crippen LogP contribution in [0.4, 0.5) is 5.69 Å². The third-order valence-corrected chi connectivity index (χ3v) is 3.11. The average Bonchev–Trinajstić information content (AvgIpc) is 2.48. The van der Waals surface area contributed by atoms with Crippen LogP contribution in [0.5, 0.6) is 0 Å². The van der Waals surface area contributed by atoms with Gasteiger partial charge in [-0.3, -0.25) is 4.79 Å². The quantitative estimate of drug-likeness (QED) is 0.692. The maximum atomic E-state index is 11.7. The molecule has 2 aromatic rings. The third-order valence-electron chi connectivity index (χ3n) is 2.42. The number of carbonyl (C=O) groups is 2. The highest BCUT2D eigenvalue weighted by Gasteiger charge is 2.12. The molecular formula is C14H10Cl2N2O3. The predicted molar refractivity (Wildman–Crippen MR) is 79.6 cm³/mol. The molecule has 1 aromatic heterocycles. The molecule has 0 atom stereocenters. The molecule has 7 heteroatoms. The van der Waals surface area contributed by atoms with E-state index in [0.29, 0.717) is 5.69 Å². The van der Waals surface area contributed by atoms with Crippen LogP contribution in [0.1, 0.15) is 10.4 Å². The van der Waals surface area contributed by atoms with Gasteiger partial charge in [0.25, 0.3) is 5.91 Å². The van der Waals surface area contributed by atoms with Crippen molar-refractivity contribution in [1.82, 2.24) is 4.98 Å². The number of nitrogens with one attached hydrogen (secondary N) is 1. The Morgan fingerprint density at radius 2 is 1.90 bits per heavy atom. The molecule has 5 nitrogen and oxygen atoms in total. The van der Waals surface area contributed by atoms with Crippen LogP contribution < -0.4 is 5.32 Å². The van der Waals surface area contributed by atoms with Gasteiger partial charge in [-0.25, -0.2) is 9.78 Å². The van der Waals surface area contributed by atoms with Crippen molar-refractivity contribution in [2.75, 3.05) is 11.9 Å². The number of para-hydroxylation sites is 1. The summed E-state index contributed by atoms with van der Waals surface area (Å²) < 4.78 is 4.86. The normalized spacial score (nSPS) is 10.0. The Bertz CT molecular complexity index is 663. The molecule has 1 heterocycles. The molecule has 0 aliphatic carbocycles. The number of ether oxygens (including phenoxy) is 1. The molecule has 0 aliphatic heterocycles. The van der Waals surface area contributed by atoms with Crippen LogP contribution in [0.3, 0.4) is 0 Å². The zero-order valence-electron chi connectivity index (χ0n) is 10.7. The van der Waals surface area contributed by atoms with Crippen molar-refractivity contribution < 1.29 is 14.3 Å². The van der Waals surface area contributed by atoms with Crippen molar-refractivity contribution in [3.63, 3.8) is 0 Å². The van der Waals surface area contributed by atoms with Crippen molar-refractivity contribution in [2.45, 2.75) is 0 Å². The summed E-state index contributed by atoms with van der Waals surface area (Å²) in [5.74, 6) is -1.15. The maximum Gasteiger partial charge on any atom is 0.340 e. The number of halogens is 2. The second kappa shape index (κ2) is 7.06. The van der Waals surface area contributed by atoms with Crippen molar-refractivity contribution in [3.05, 3.63) is 58.3 Å². The number of rotatable bonds is 4. The fraction of sp³-hybridized carbons (Fsp3) is 0.0714. The molecule has 0 saturated carbocycles. The number of benzene rings is 1. The monoisotopic (exact) mass is 324 g/mol. The SMILES string of the molecule is O=C(COC(=O)c1cnc(Cl)c(Cl)c1)Nc1ccccc1. The van der Waals surface area contributed by atoms with E-state index in [4.69, 9.17) is 27.9 Å². The molecule has 0 saturated heterocycles. The number of carbonyl (C=O) groups excluding carboxylic acids is 2. The van der Waals surface area contributed by atoms with Gasteiger partial charge >= 0.3 is 5.97 Å². The summed E-state index contributed by atoms with van der Waals surface area (Å²) in [6.07, 6.45) is 1.23. The van der Waals surface area contributed by atoms with Gasteiger partial charge in [0.05, 0.1) is 10.6 Å². The molecule has 0 bridgehead atoms. The largest absolute Gasteiger partial charge is 0.452 e. The third kappa shape index (κ3) is 4.44. The lowest BCUT2D eigenvalue weighted by Gasteiger charge is -2.06. The van der Waals surface area contributed by atoms with Gasteiger partial charge in [-0.2, -0.15) is 0 Å². The molecule has 0 spiro atoms. The lowest BCUT2D eigenvalue weighted by molar-refractivity contribution is -0.119. The molecule has 0 aliphatic rings. The van der Waals surface area contributed by atoms with Crippen LogP contribution in [0, 0.1) is 0 Å². The van der Waals surface area contributed by atoms with Crippen LogP contribution in [0.2, 0.25) is 10.2 Å². The van der Waals surface area contributed by atoms with Crippen molar-refractivity contribution >= 4 is 40.8 Å². The second-order valence-electron chi connectivity index (χ2n) is 3.99. The first-order valence-corrected chi connectivity index (χ1v) is 6.65. The topological polar surface area (TPSA) is 68.3 Å². The fourth-order valence-electron chi connectivity index (χ4n) is 1.47. The number of hydrogen-bond donors (Lipinski definition) is 1. The number of pyridine rings is 1. The molecule has 0 unspecified atom stereocenters. The van der Waals surface area contributed by atoms with Gasteiger partial charge in [-0.1, -0.05) is 41.4 Å². The molecule has 1 aromatic carbocycles. The van der Waals surface area contributed by atoms with Crippen molar-refractivity contribution in [2.24, 2.45) is 0 Å². The highest BCUT2D eigenvalue weighted by Crippen LogP contribution is 2.20. The first-order valence-electron chi connectivity index (χ1n) is 5.89. The van der Waals surface area contributed by atoms with E-state index in [1.54, 1.807) is 24.3 Å². The minimum absolute atomic E-state index is 0.0926. The Hall–Kier alpha value is -2.11. The summed E-state index contributed by atoms with van der Waals surface area (Å²) in [7, 11) is 0. The fourth-order valence-corrected chi connectivity index (χ4v) is 1.74. The minimum atomic E-state index is -0.704. The summed E-state index contributed by atoms with van der Waals surface area (Å²) in [5, 5.41) is 2.82. The first kappa shape index (κ1) is 15.3. The van der Waals surface area contributed by atoms with E-state index in [0.717, 1.165) is 0 Å². The van der Waals surface area contributed by atoms with E-state index in [9.17, 15) is 9.59 Å². The smallest absolute Gasteiger partial charge is 0.340 e. The zero-order chi connectivity index (χ0) is 15.2. The number of amides is 1. The number of hydrogen-bond acceptors (Lipinski definition) is 4. The Morgan fingerprint density at radius 3 is 2.57 bits per heavy atom. The molecule has 108 valence electrons. The Balaban J connectivity index is 1.89. The molecular weight excluding hydrogens is 315 g/mol. The zero-order valence-corrected chi connectivity index (χ0v) is 12.2. The lowest BCUT2D eigenvalue weighted by Crippen LogP contribution is -2.20. The minimum Gasteiger partial charge on any atom is -0.452 e. The van der Waals surface area contributed by atoms with E-state index in [1.807, 2.05) is 6.07 Å². The number of nitrogens with zero attached hydrogens (tertiary/aromatic N) is 1. The van der Waals surface area contributed by atoms with E-state index >= 15 is 0 Å². The van der Waals surface area contributed by atoms with E-state index in [1.165, 1.54) is 12.3 Å². The molecule has 0 fully saturated rings. The van der Waals surface area contributed by atoms with Crippen molar-refractivity contribution in [1.29, 1.82) is 0 Å². The van der Waals surface area contributed by atoms with Gasteiger partial charge in [0.1, 0.15) is 5.15 Å². The summed E-state index contributed by atoms with van der Waals surface area (Å²) >= 11 is 11.4. The standard InChI is InChI=1S/C14H10Cl2N2O3/c15-11-6-9(7-17-13(11)16)14(20)21-8-12(19)18-10-4-2-1-3-5-10/h1-7H,8H2,(H,18,19). The summed E-state index contributed by atoms with van der Waals surface area (Å²) in [6, 6.07) is 10.2. The van der Waals surface area contributed by atoms with Crippen LogP contribution >= 0.6 is 23.2 Å². The summed E-state index contributed by atoms with van der Waals surface area (Å²) in [6.45, 7) is -0.409. The Kier molecular flexibility index (Phi) is 5.14. The Morgan fingerprint density at radius 1 is 1.19 bits per heavy atom. The summed E-state index contributed by atoms with van der Waals surface area (Å²) in [4.78, 5) is 27.1. The van der Waals surface area contributed by atoms with Gasteiger partial charge < -0.3 is 10.1 Å². The van der Waals surface area contributed by atoms with Crippen LogP contribution in [0.15, 0.2) is 42.6 Å². The van der Waals surface area contributed by atoms with E-state index < -0.39 is 18.5 Å². The maximum absolute atomic E-state index is 11.7. The van der Waals surface area contributed by atoms with Crippen LogP contribution in [-0.4, -0.2) is 23.5 Å². The van der Waals surface area contributed by atoms with Gasteiger partial charge in [0.2, 0.25) is 0 Å². The molecule has 21 heavy (non-hydrogen) atoms. The van der Waals surface area contributed by atoms with Gasteiger partial charge in [0, 0.05) is 11.9 Å². The predicted octanol–water partition coefficient (Wildman–Crippen LogP) is 3.18. The van der Waals surface area contributed by atoms with Crippen LogP contribution in [-0.2, 0) is 9.53 Å². The first-order chi connectivity index (χ1) is 10.1. The van der Waals surface area contributed by atoms with E-state index in [2.05, 4.69) is 10.3 Å². The highest BCUT2D eigenvalue weighted by molar-refractivity contribution is 6.41. The lowest BCUT2D eigenvalue weighted by atomic mass is 10.3. The molecule has 2 rings (SSSR count). The molecule has 0 radical (unpaired) electrons. The van der Waals surface area contributed by atoms with E-state index in [-0.39, 0.29) is 15.7 Å². The number of esters is 1. The number of anilines is 1. The second-order valence-corrected chi connectivity index (χ2v) is 4.75. The Labute approximate surface area is 130 Å². The summed E-state index contributed by atoms with van der Waals surface area (Å²) in [5.41, 5.74) is 0.742. The number of aromatic nitrogens is 1. The highest BCUT2D eigenvalue weighted by atomic mass is 35.5. The van der Waals surface area contributed by atoms with Crippen molar-refractivity contribution in [3.8, 4) is 0 Å². The van der Waals surface area contributed by atoms with Gasteiger partial charge in [-0.15, -0.1) is 0 Å².